The maximum Gasteiger partial charge on any atom is 0.339 e. The number of halogens is 1. The Morgan fingerprint density at radius 2 is 1.78 bits per heavy atom. The summed E-state index contributed by atoms with van der Waals surface area (Å²) in [6.45, 7) is 5.43. The van der Waals surface area contributed by atoms with Crippen LogP contribution in [0.25, 0.3) is 10.9 Å². The van der Waals surface area contributed by atoms with E-state index in [0.29, 0.717) is 22.6 Å². The van der Waals surface area contributed by atoms with Crippen LogP contribution in [0, 0.1) is 6.92 Å². The van der Waals surface area contributed by atoms with Crippen molar-refractivity contribution in [2.45, 2.75) is 33.3 Å². The number of ketones is 1. The van der Waals surface area contributed by atoms with Crippen LogP contribution in [0.3, 0.4) is 0 Å². The fourth-order valence-electron chi connectivity index (χ4n) is 3.09. The molecular formula is C22H20ClNO3. The van der Waals surface area contributed by atoms with Gasteiger partial charge in [-0.25, -0.2) is 4.79 Å². The molecule has 0 radical (unpaired) electrons. The summed E-state index contributed by atoms with van der Waals surface area (Å²) in [5.74, 6) is -0.789. The third-order valence-corrected chi connectivity index (χ3v) is 4.81. The molecule has 1 aromatic heterocycles. The molecule has 0 unspecified atom stereocenters. The Hall–Kier alpha value is -2.72. The van der Waals surface area contributed by atoms with Gasteiger partial charge in [-0.3, -0.25) is 9.78 Å². The molecular weight excluding hydrogens is 362 g/mol. The molecule has 0 aliphatic carbocycles. The van der Waals surface area contributed by atoms with E-state index in [4.69, 9.17) is 16.3 Å². The Bertz CT molecular complexity index is 1010. The van der Waals surface area contributed by atoms with Crippen LogP contribution in [0.2, 0.25) is 5.02 Å². The van der Waals surface area contributed by atoms with Gasteiger partial charge in [-0.1, -0.05) is 36.7 Å². The van der Waals surface area contributed by atoms with Crippen molar-refractivity contribution >= 4 is 34.3 Å². The molecule has 0 saturated carbocycles. The van der Waals surface area contributed by atoms with Gasteiger partial charge >= 0.3 is 5.97 Å². The molecule has 1 atom stereocenters. The van der Waals surface area contributed by atoms with E-state index in [1.807, 2.05) is 38.1 Å². The van der Waals surface area contributed by atoms with E-state index in [-0.39, 0.29) is 5.78 Å². The van der Waals surface area contributed by atoms with Gasteiger partial charge in [0.25, 0.3) is 0 Å². The predicted octanol–water partition coefficient (Wildman–Crippen LogP) is 5.19. The van der Waals surface area contributed by atoms with E-state index >= 15 is 0 Å². The fourth-order valence-corrected chi connectivity index (χ4v) is 3.21. The van der Waals surface area contributed by atoms with Crippen LogP contribution in [0.15, 0.2) is 48.5 Å². The predicted molar refractivity (Wildman–Crippen MR) is 107 cm³/mol. The highest BCUT2D eigenvalue weighted by molar-refractivity contribution is 6.30. The Morgan fingerprint density at radius 1 is 1.11 bits per heavy atom. The van der Waals surface area contributed by atoms with Crippen LogP contribution in [-0.2, 0) is 11.2 Å². The largest absolute Gasteiger partial charge is 0.451 e. The van der Waals surface area contributed by atoms with Crippen LogP contribution in [0.5, 0.6) is 0 Å². The number of carbonyl (C=O) groups excluding carboxylic acids is 2. The summed E-state index contributed by atoms with van der Waals surface area (Å²) in [5, 5.41) is 1.27. The molecule has 0 amide bonds. The molecule has 0 bridgehead atoms. The summed E-state index contributed by atoms with van der Waals surface area (Å²) in [6.07, 6.45) is -0.203. The second-order valence-electron chi connectivity index (χ2n) is 6.35. The minimum atomic E-state index is -0.907. The van der Waals surface area contributed by atoms with Gasteiger partial charge in [0.1, 0.15) is 0 Å². The molecule has 0 aliphatic heterocycles. The molecule has 4 nitrogen and oxygen atoms in total. The van der Waals surface area contributed by atoms with Gasteiger partial charge in [-0.2, -0.15) is 0 Å². The summed E-state index contributed by atoms with van der Waals surface area (Å²) >= 11 is 5.86. The first kappa shape index (κ1) is 19.1. The summed E-state index contributed by atoms with van der Waals surface area (Å²) in [5.41, 5.74) is 3.28. The molecule has 27 heavy (non-hydrogen) atoms. The zero-order valence-corrected chi connectivity index (χ0v) is 16.2. The molecule has 0 fully saturated rings. The van der Waals surface area contributed by atoms with Crippen LogP contribution in [0.1, 0.15) is 45.8 Å². The van der Waals surface area contributed by atoms with Crippen molar-refractivity contribution < 1.29 is 14.3 Å². The van der Waals surface area contributed by atoms with Gasteiger partial charge in [-0.05, 0) is 56.2 Å². The Balaban J connectivity index is 1.93. The summed E-state index contributed by atoms with van der Waals surface area (Å²) < 4.78 is 5.52. The number of pyridine rings is 1. The Labute approximate surface area is 163 Å². The Kier molecular flexibility index (Phi) is 5.57. The van der Waals surface area contributed by atoms with Crippen LogP contribution in [-0.4, -0.2) is 22.8 Å². The quantitative estimate of drug-likeness (QED) is 0.451. The van der Waals surface area contributed by atoms with Crippen LogP contribution in [0.4, 0.5) is 0 Å². The normalized spacial score (nSPS) is 12.0. The average Bonchev–Trinajstić information content (AvgIpc) is 2.67. The van der Waals surface area contributed by atoms with E-state index in [0.717, 1.165) is 22.2 Å². The van der Waals surface area contributed by atoms with E-state index in [1.54, 1.807) is 31.2 Å². The maximum atomic E-state index is 12.9. The fraction of sp³-hybridized carbons (Fsp3) is 0.227. The molecule has 3 aromatic rings. The lowest BCUT2D eigenvalue weighted by atomic mass is 10.00. The molecule has 5 heteroatoms. The lowest BCUT2D eigenvalue weighted by Gasteiger charge is -2.16. The van der Waals surface area contributed by atoms with Gasteiger partial charge in [0.05, 0.1) is 11.1 Å². The standard InChI is InChI=1S/C22H20ClNO3/c1-4-18-13(2)20(17-7-5-6-8-19(17)24-18)22(26)27-14(3)21(25)15-9-11-16(23)12-10-15/h5-12,14H,4H2,1-3H3/t14-/m1/s1. The number of hydrogen-bond donors (Lipinski definition) is 0. The number of carbonyl (C=O) groups is 2. The number of Topliss-reactive ketones (excluding diaryl/α,β-unsaturated/α-hetero) is 1. The van der Waals surface area contributed by atoms with Crippen LogP contribution < -0.4 is 0 Å². The summed E-state index contributed by atoms with van der Waals surface area (Å²) in [4.78, 5) is 30.1. The third kappa shape index (κ3) is 3.86. The van der Waals surface area contributed by atoms with Gasteiger partial charge in [-0.15, -0.1) is 0 Å². The number of esters is 1. The average molecular weight is 382 g/mol. The molecule has 2 aromatic carbocycles. The van der Waals surface area contributed by atoms with Crippen molar-refractivity contribution in [3.8, 4) is 0 Å². The molecule has 0 saturated heterocycles. The van der Waals surface area contributed by atoms with Crippen molar-refractivity contribution in [3.05, 3.63) is 75.9 Å². The van der Waals surface area contributed by atoms with E-state index < -0.39 is 12.1 Å². The second kappa shape index (κ2) is 7.89. The zero-order valence-electron chi connectivity index (χ0n) is 15.5. The zero-order chi connectivity index (χ0) is 19.6. The first-order valence-corrected chi connectivity index (χ1v) is 9.19. The van der Waals surface area contributed by atoms with Crippen molar-refractivity contribution in [3.63, 3.8) is 0 Å². The highest BCUT2D eigenvalue weighted by Crippen LogP contribution is 2.25. The van der Waals surface area contributed by atoms with Crippen molar-refractivity contribution in [2.24, 2.45) is 0 Å². The molecule has 1 heterocycles. The first-order valence-electron chi connectivity index (χ1n) is 8.81. The number of fused-ring (bicyclic) bond motifs is 1. The minimum absolute atomic E-state index is 0.272. The number of aryl methyl sites for hydroxylation is 1. The number of benzene rings is 2. The van der Waals surface area contributed by atoms with E-state index in [2.05, 4.69) is 4.98 Å². The van der Waals surface area contributed by atoms with Gasteiger partial charge in [0, 0.05) is 21.7 Å². The molecule has 0 spiro atoms. The van der Waals surface area contributed by atoms with Crippen molar-refractivity contribution in [1.82, 2.24) is 4.98 Å². The number of hydrogen-bond acceptors (Lipinski definition) is 4. The topological polar surface area (TPSA) is 56.3 Å². The first-order chi connectivity index (χ1) is 12.9. The number of aromatic nitrogens is 1. The van der Waals surface area contributed by atoms with Gasteiger partial charge in [0.15, 0.2) is 6.10 Å². The number of ether oxygens (including phenoxy) is 1. The van der Waals surface area contributed by atoms with Crippen molar-refractivity contribution in [1.29, 1.82) is 0 Å². The summed E-state index contributed by atoms with van der Waals surface area (Å²) in [6, 6.07) is 14.0. The van der Waals surface area contributed by atoms with Crippen molar-refractivity contribution in [2.75, 3.05) is 0 Å². The lowest BCUT2D eigenvalue weighted by Crippen LogP contribution is -2.25. The maximum absolute atomic E-state index is 12.9. The number of rotatable bonds is 5. The third-order valence-electron chi connectivity index (χ3n) is 4.56. The highest BCUT2D eigenvalue weighted by Gasteiger charge is 2.24. The highest BCUT2D eigenvalue weighted by atomic mass is 35.5. The molecule has 0 aliphatic rings. The van der Waals surface area contributed by atoms with Gasteiger partial charge in [0.2, 0.25) is 5.78 Å². The van der Waals surface area contributed by atoms with Gasteiger partial charge < -0.3 is 4.74 Å². The van der Waals surface area contributed by atoms with E-state index in [9.17, 15) is 9.59 Å². The Morgan fingerprint density at radius 3 is 2.44 bits per heavy atom. The summed E-state index contributed by atoms with van der Waals surface area (Å²) in [7, 11) is 0. The molecule has 3 rings (SSSR count). The van der Waals surface area contributed by atoms with E-state index in [1.165, 1.54) is 0 Å². The second-order valence-corrected chi connectivity index (χ2v) is 6.78. The number of nitrogens with zero attached hydrogens (tertiary/aromatic N) is 1. The minimum Gasteiger partial charge on any atom is -0.451 e. The monoisotopic (exact) mass is 381 g/mol. The molecule has 138 valence electrons. The smallest absolute Gasteiger partial charge is 0.339 e. The molecule has 0 N–H and O–H groups in total. The number of para-hydroxylation sites is 1. The van der Waals surface area contributed by atoms with Crippen LogP contribution >= 0.6 is 11.6 Å². The SMILES string of the molecule is CCc1nc2ccccc2c(C(=O)O[C@H](C)C(=O)c2ccc(Cl)cc2)c1C. The lowest BCUT2D eigenvalue weighted by molar-refractivity contribution is 0.0320.